The summed E-state index contributed by atoms with van der Waals surface area (Å²) in [5.41, 5.74) is 2.60. The third-order valence-electron chi connectivity index (χ3n) is 2.73. The molecule has 0 radical (unpaired) electrons. The van der Waals surface area contributed by atoms with Crippen molar-refractivity contribution in [3.05, 3.63) is 52.3 Å². The van der Waals surface area contributed by atoms with Crippen molar-refractivity contribution in [2.45, 2.75) is 26.4 Å². The van der Waals surface area contributed by atoms with Crippen molar-refractivity contribution in [2.24, 2.45) is 0 Å². The van der Waals surface area contributed by atoms with E-state index in [0.29, 0.717) is 0 Å². The molecule has 0 aliphatic heterocycles. The number of hydrogen-bond acceptors (Lipinski definition) is 2. The monoisotopic (exact) mass is 307 g/mol. The highest BCUT2D eigenvalue weighted by Crippen LogP contribution is 2.10. The van der Waals surface area contributed by atoms with Gasteiger partial charge in [-0.15, -0.1) is 0 Å². The molecule has 0 aliphatic carbocycles. The molecule has 4 heteroatoms. The fourth-order valence-electron chi connectivity index (χ4n) is 1.78. The maximum atomic E-state index is 4.25. The first-order valence-electron chi connectivity index (χ1n) is 6.24. The lowest BCUT2D eigenvalue weighted by Gasteiger charge is -2.05. The van der Waals surface area contributed by atoms with Crippen molar-refractivity contribution in [1.82, 2.24) is 15.1 Å². The molecule has 18 heavy (non-hydrogen) atoms. The third kappa shape index (κ3) is 3.96. The van der Waals surface area contributed by atoms with Gasteiger partial charge in [0.2, 0.25) is 0 Å². The van der Waals surface area contributed by atoms with Crippen molar-refractivity contribution in [3.8, 4) is 0 Å². The van der Waals surface area contributed by atoms with Crippen LogP contribution in [0, 0.1) is 0 Å². The van der Waals surface area contributed by atoms with Crippen LogP contribution in [-0.2, 0) is 13.1 Å². The summed E-state index contributed by atoms with van der Waals surface area (Å²) in [5, 5.41) is 7.65. The van der Waals surface area contributed by atoms with Gasteiger partial charge in [-0.1, -0.05) is 31.2 Å². The van der Waals surface area contributed by atoms with Gasteiger partial charge in [0.05, 0.1) is 17.2 Å². The van der Waals surface area contributed by atoms with Crippen molar-refractivity contribution in [3.63, 3.8) is 0 Å². The minimum atomic E-state index is 0.814. The quantitative estimate of drug-likeness (QED) is 0.831. The highest BCUT2D eigenvalue weighted by atomic mass is 79.9. The molecule has 0 amide bonds. The molecule has 1 aromatic carbocycles. The van der Waals surface area contributed by atoms with Gasteiger partial charge < -0.3 is 5.32 Å². The Morgan fingerprint density at radius 2 is 1.94 bits per heavy atom. The summed E-state index contributed by atoms with van der Waals surface area (Å²) in [6, 6.07) is 8.68. The van der Waals surface area contributed by atoms with Crippen LogP contribution in [0.2, 0.25) is 0 Å². The van der Waals surface area contributed by atoms with Gasteiger partial charge in [-0.05, 0) is 40.0 Å². The summed E-state index contributed by atoms with van der Waals surface area (Å²) >= 11 is 3.40. The van der Waals surface area contributed by atoms with E-state index < -0.39 is 0 Å². The molecule has 0 spiro atoms. The van der Waals surface area contributed by atoms with Gasteiger partial charge in [0.25, 0.3) is 0 Å². The first kappa shape index (κ1) is 13.3. The lowest BCUT2D eigenvalue weighted by atomic mass is 10.1. The summed E-state index contributed by atoms with van der Waals surface area (Å²) in [4.78, 5) is 0. The molecule has 1 aromatic heterocycles. The minimum Gasteiger partial charge on any atom is -0.313 e. The van der Waals surface area contributed by atoms with Crippen LogP contribution in [-0.4, -0.2) is 16.3 Å². The van der Waals surface area contributed by atoms with Crippen LogP contribution >= 0.6 is 15.9 Å². The normalized spacial score (nSPS) is 10.8. The Kier molecular flexibility index (Phi) is 4.96. The Bertz CT molecular complexity index is 476. The molecular weight excluding hydrogens is 290 g/mol. The molecule has 0 unspecified atom stereocenters. The molecular formula is C14H18BrN3. The molecule has 3 nitrogen and oxygen atoms in total. The van der Waals surface area contributed by atoms with Crippen molar-refractivity contribution in [1.29, 1.82) is 0 Å². The van der Waals surface area contributed by atoms with Crippen LogP contribution in [0.5, 0.6) is 0 Å². The zero-order chi connectivity index (χ0) is 12.8. The third-order valence-corrected chi connectivity index (χ3v) is 3.13. The summed E-state index contributed by atoms with van der Waals surface area (Å²) in [6.45, 7) is 5.01. The Morgan fingerprint density at radius 1 is 1.22 bits per heavy atom. The molecule has 2 rings (SSSR count). The SMILES string of the molecule is CCCNCc1ccc(Cn2cc(Br)cn2)cc1. The number of rotatable bonds is 6. The Hall–Kier alpha value is -1.13. The maximum absolute atomic E-state index is 4.25. The molecule has 0 fully saturated rings. The highest BCUT2D eigenvalue weighted by molar-refractivity contribution is 9.10. The highest BCUT2D eigenvalue weighted by Gasteiger charge is 1.98. The zero-order valence-electron chi connectivity index (χ0n) is 10.6. The van der Waals surface area contributed by atoms with Crippen LogP contribution in [0.3, 0.4) is 0 Å². The minimum absolute atomic E-state index is 0.814. The molecule has 0 bridgehead atoms. The van der Waals surface area contributed by atoms with Crippen LogP contribution in [0.25, 0.3) is 0 Å². The van der Waals surface area contributed by atoms with E-state index in [1.165, 1.54) is 17.5 Å². The molecule has 0 atom stereocenters. The summed E-state index contributed by atoms with van der Waals surface area (Å²) in [7, 11) is 0. The molecule has 1 N–H and O–H groups in total. The van der Waals surface area contributed by atoms with E-state index in [9.17, 15) is 0 Å². The molecule has 0 saturated carbocycles. The van der Waals surface area contributed by atoms with E-state index in [4.69, 9.17) is 0 Å². The number of aromatic nitrogens is 2. The first-order valence-corrected chi connectivity index (χ1v) is 7.03. The summed E-state index contributed by atoms with van der Waals surface area (Å²) < 4.78 is 2.94. The van der Waals surface area contributed by atoms with E-state index in [1.807, 2.05) is 17.1 Å². The van der Waals surface area contributed by atoms with E-state index >= 15 is 0 Å². The van der Waals surface area contributed by atoms with Crippen LogP contribution in [0.4, 0.5) is 0 Å². The molecule has 2 aromatic rings. The second-order valence-electron chi connectivity index (χ2n) is 4.35. The molecule has 1 heterocycles. The predicted octanol–water partition coefficient (Wildman–Crippen LogP) is 3.19. The van der Waals surface area contributed by atoms with Gasteiger partial charge in [0.1, 0.15) is 0 Å². The first-order chi connectivity index (χ1) is 8.78. The van der Waals surface area contributed by atoms with Gasteiger partial charge in [-0.2, -0.15) is 5.10 Å². The smallest absolute Gasteiger partial charge is 0.0659 e. The lowest BCUT2D eigenvalue weighted by molar-refractivity contribution is 0.672. The Balaban J connectivity index is 1.91. The summed E-state index contributed by atoms with van der Waals surface area (Å²) in [6.07, 6.45) is 4.96. The molecule has 0 saturated heterocycles. The number of nitrogens with one attached hydrogen (secondary N) is 1. The second kappa shape index (κ2) is 6.71. The van der Waals surface area contributed by atoms with E-state index in [2.05, 4.69) is 57.5 Å². The summed E-state index contributed by atoms with van der Waals surface area (Å²) in [5.74, 6) is 0. The average Bonchev–Trinajstić information content (AvgIpc) is 2.77. The Morgan fingerprint density at radius 3 is 2.56 bits per heavy atom. The van der Waals surface area contributed by atoms with E-state index in [0.717, 1.165) is 24.1 Å². The fourth-order valence-corrected chi connectivity index (χ4v) is 2.11. The van der Waals surface area contributed by atoms with Gasteiger partial charge >= 0.3 is 0 Å². The lowest BCUT2D eigenvalue weighted by Crippen LogP contribution is -2.13. The molecule has 96 valence electrons. The van der Waals surface area contributed by atoms with Gasteiger partial charge in [0, 0.05) is 12.7 Å². The average molecular weight is 308 g/mol. The largest absolute Gasteiger partial charge is 0.313 e. The number of hydrogen-bond donors (Lipinski definition) is 1. The number of benzene rings is 1. The number of nitrogens with zero attached hydrogens (tertiary/aromatic N) is 2. The topological polar surface area (TPSA) is 29.9 Å². The number of halogens is 1. The zero-order valence-corrected chi connectivity index (χ0v) is 12.2. The van der Waals surface area contributed by atoms with E-state index in [1.54, 1.807) is 0 Å². The van der Waals surface area contributed by atoms with E-state index in [-0.39, 0.29) is 0 Å². The van der Waals surface area contributed by atoms with Crippen LogP contribution < -0.4 is 5.32 Å². The van der Waals surface area contributed by atoms with Gasteiger partial charge in [-0.25, -0.2) is 0 Å². The predicted molar refractivity (Wildman–Crippen MR) is 77.5 cm³/mol. The van der Waals surface area contributed by atoms with Crippen molar-refractivity contribution < 1.29 is 0 Å². The van der Waals surface area contributed by atoms with Gasteiger partial charge in [-0.3, -0.25) is 4.68 Å². The second-order valence-corrected chi connectivity index (χ2v) is 5.27. The van der Waals surface area contributed by atoms with Crippen LogP contribution in [0.1, 0.15) is 24.5 Å². The molecule has 0 aliphatic rings. The maximum Gasteiger partial charge on any atom is 0.0659 e. The van der Waals surface area contributed by atoms with Crippen LogP contribution in [0.15, 0.2) is 41.1 Å². The Labute approximate surface area is 116 Å². The fraction of sp³-hybridized carbons (Fsp3) is 0.357. The van der Waals surface area contributed by atoms with Crippen molar-refractivity contribution >= 4 is 15.9 Å². The van der Waals surface area contributed by atoms with Crippen molar-refractivity contribution in [2.75, 3.05) is 6.54 Å². The standard InChI is InChI=1S/C14H18BrN3/c1-2-7-16-8-12-3-5-13(6-4-12)10-18-11-14(15)9-17-18/h3-6,9,11,16H,2,7-8,10H2,1H3. The van der Waals surface area contributed by atoms with Gasteiger partial charge in [0.15, 0.2) is 0 Å².